The highest BCUT2D eigenvalue weighted by molar-refractivity contribution is 5.97. The van der Waals surface area contributed by atoms with Crippen LogP contribution in [-0.2, 0) is 58.5 Å². The van der Waals surface area contributed by atoms with E-state index in [1.165, 1.54) is 36.4 Å². The minimum absolute atomic E-state index is 0.0184. The predicted molar refractivity (Wildman–Crippen MR) is 350 cm³/mol. The summed E-state index contributed by atoms with van der Waals surface area (Å²) in [7, 11) is 5.05. The molecule has 6 aromatic rings. The molecule has 3 aromatic carbocycles. The molecular formula is C67H79F9N18O6. The van der Waals surface area contributed by atoms with Gasteiger partial charge in [0.2, 0.25) is 12.1 Å². The van der Waals surface area contributed by atoms with Crippen LogP contribution in [-0.4, -0.2) is 200 Å². The lowest BCUT2D eigenvalue weighted by molar-refractivity contribution is 0.0768. The summed E-state index contributed by atoms with van der Waals surface area (Å²) in [5, 5.41) is 27.6. The van der Waals surface area contributed by atoms with E-state index >= 15 is 0 Å². The van der Waals surface area contributed by atoms with Crippen LogP contribution in [0.1, 0.15) is 95.6 Å². The second kappa shape index (κ2) is 32.1. The van der Waals surface area contributed by atoms with Crippen molar-refractivity contribution in [2.45, 2.75) is 111 Å². The number of aromatic nitrogens is 6. The van der Waals surface area contributed by atoms with Crippen molar-refractivity contribution in [3.63, 3.8) is 0 Å². The zero-order valence-corrected chi connectivity index (χ0v) is 55.9. The fraction of sp³-hybridized carbons (Fsp3) is 0.493. The van der Waals surface area contributed by atoms with Gasteiger partial charge in [-0.15, -0.1) is 0 Å². The van der Waals surface area contributed by atoms with Gasteiger partial charge in [0, 0.05) is 164 Å². The van der Waals surface area contributed by atoms with Crippen LogP contribution in [0, 0.1) is 55.6 Å². The van der Waals surface area contributed by atoms with Gasteiger partial charge in [-0.2, -0.15) is 15.3 Å². The molecule has 5 N–H and O–H groups in total. The number of rotatable bonds is 15. The smallest absolute Gasteiger partial charge is 0.322 e. The van der Waals surface area contributed by atoms with Gasteiger partial charge >= 0.3 is 18.1 Å². The molecule has 9 amide bonds. The monoisotopic (exact) mass is 1400 g/mol. The molecule has 24 nitrogen and oxygen atoms in total. The van der Waals surface area contributed by atoms with Gasteiger partial charge < -0.3 is 56.0 Å². The van der Waals surface area contributed by atoms with Gasteiger partial charge in [0.15, 0.2) is 0 Å². The Balaban J connectivity index is 0.000000162. The van der Waals surface area contributed by atoms with Crippen LogP contribution in [0.3, 0.4) is 0 Å². The van der Waals surface area contributed by atoms with Crippen molar-refractivity contribution in [3.05, 3.63) is 145 Å². The van der Waals surface area contributed by atoms with Gasteiger partial charge in [-0.1, -0.05) is 0 Å². The number of fused-ring (bicyclic) bond motifs is 9. The molecule has 0 unspecified atom stereocenters. The first-order valence-electron chi connectivity index (χ1n) is 32.9. The number of hydrogen-bond donors (Lipinski definition) is 5. The third kappa shape index (κ3) is 17.5. The minimum Gasteiger partial charge on any atom is -0.340 e. The Morgan fingerprint density at radius 1 is 0.510 bits per heavy atom. The van der Waals surface area contributed by atoms with Crippen LogP contribution in [0.2, 0.25) is 0 Å². The van der Waals surface area contributed by atoms with E-state index in [0.29, 0.717) is 166 Å². The number of carbonyl (C=O) groups is 6. The molecule has 536 valence electrons. The molecule has 0 saturated carbocycles. The molecular weight excluding hydrogens is 1320 g/mol. The summed E-state index contributed by atoms with van der Waals surface area (Å²) in [5.41, 5.74) is 7.71. The van der Waals surface area contributed by atoms with Gasteiger partial charge in [-0.05, 0) is 98.3 Å². The normalized spacial score (nSPS) is 18.1. The molecule has 12 rings (SSSR count). The minimum atomic E-state index is -2.43. The van der Waals surface area contributed by atoms with E-state index in [4.69, 9.17) is 6.57 Å². The summed E-state index contributed by atoms with van der Waals surface area (Å²) in [5.74, 6) is -2.06. The first-order chi connectivity index (χ1) is 47.7. The SMILES string of the molecule is Cc1cc(NC(=O)N2CCc3nn4c(c3C2)C(=O)N(C)C[C@@H](CNCC(F)F)C4)ccc1F.Cc1cc(NC(=O)N2CCc3nn4c(c3C2)C(=O)N(C)C[C@H](CNCC(F)F)C4)ccc1F.[C-]#[N+]c1cc(NC(=O)N2CCc3nn4c(c3C2)C(=O)N(C)C[C@@H](CCCC(F)F)C4)ccc1F. The third-order valence-corrected chi connectivity index (χ3v) is 18.3. The first-order valence-corrected chi connectivity index (χ1v) is 32.9. The first kappa shape index (κ1) is 73.0. The lowest BCUT2D eigenvalue weighted by atomic mass is 10.0. The molecule has 3 atom stereocenters. The molecule has 6 aliphatic rings. The Bertz CT molecular complexity index is 3900. The predicted octanol–water partition coefficient (Wildman–Crippen LogP) is 9.26. The number of halogens is 9. The van der Waals surface area contributed by atoms with Crippen molar-refractivity contribution in [1.82, 2.24) is 69.4 Å². The Hall–Kier alpha value is -9.71. The number of urea groups is 3. The highest BCUT2D eigenvalue weighted by atomic mass is 19.3. The van der Waals surface area contributed by atoms with Crippen molar-refractivity contribution in [2.75, 3.05) is 103 Å². The average Bonchev–Trinajstić information content (AvgIpc) is 1.63. The maximum absolute atomic E-state index is 13.6. The molecule has 0 saturated heterocycles. The summed E-state index contributed by atoms with van der Waals surface area (Å²) in [6, 6.07) is 11.4. The molecule has 0 fully saturated rings. The fourth-order valence-corrected chi connectivity index (χ4v) is 13.3. The third-order valence-electron chi connectivity index (χ3n) is 18.3. The van der Waals surface area contributed by atoms with Gasteiger partial charge in [0.25, 0.3) is 30.6 Å². The molecule has 0 aliphatic carbocycles. The van der Waals surface area contributed by atoms with E-state index in [9.17, 15) is 68.3 Å². The van der Waals surface area contributed by atoms with Crippen LogP contribution >= 0.6 is 0 Å². The Morgan fingerprint density at radius 3 is 1.21 bits per heavy atom. The molecule has 0 radical (unpaired) electrons. The molecule has 33 heteroatoms. The summed E-state index contributed by atoms with van der Waals surface area (Å²) in [4.78, 5) is 90.5. The average molecular weight is 1400 g/mol. The van der Waals surface area contributed by atoms with Crippen molar-refractivity contribution >= 4 is 58.6 Å². The van der Waals surface area contributed by atoms with Gasteiger partial charge in [-0.25, -0.2) is 58.7 Å². The lowest BCUT2D eigenvalue weighted by Gasteiger charge is -2.27. The number of nitrogens with zero attached hydrogens (tertiary/aromatic N) is 13. The van der Waals surface area contributed by atoms with E-state index in [1.54, 1.807) is 90.6 Å². The number of aryl methyl sites for hydroxylation is 2. The number of benzene rings is 3. The maximum Gasteiger partial charge on any atom is 0.322 e. The zero-order valence-electron chi connectivity index (χ0n) is 55.9. The quantitative estimate of drug-likeness (QED) is 0.0480. The Kier molecular flexibility index (Phi) is 23.4. The highest BCUT2D eigenvalue weighted by Gasteiger charge is 2.39. The second-order valence-electron chi connectivity index (χ2n) is 26.0. The van der Waals surface area contributed by atoms with Crippen LogP contribution in [0.5, 0.6) is 0 Å². The zero-order chi connectivity index (χ0) is 71.8. The molecule has 9 heterocycles. The summed E-state index contributed by atoms with van der Waals surface area (Å²) in [6.07, 6.45) is -4.95. The lowest BCUT2D eigenvalue weighted by Crippen LogP contribution is -2.40. The molecule has 100 heavy (non-hydrogen) atoms. The van der Waals surface area contributed by atoms with E-state index in [-0.39, 0.29) is 90.9 Å². The van der Waals surface area contributed by atoms with Crippen LogP contribution in [0.15, 0.2) is 54.6 Å². The standard InChI is InChI=1S/C23H25F3N6O2.2C22H27F3N6O2/c1-27-19-10-15(6-7-17(19)24)28-23(34)31-9-8-18-16(13-31)21-22(33)30(2)11-14(12-32(21)29-18)4-3-5-20(25)26;2*1-13-7-15(3-4-17(13)23)27-22(33)30-6-5-18-16(12-30)20-21(32)29(2)10-14(11-31(20)28-18)8-26-9-19(24)25/h6-7,10,14,20H,3-5,8-9,11-13H2,2H3,(H,28,34);2*3-4,7,14,19,26H,5-6,8-12H2,1-2H3,(H,27,33)/t3*14-/m110/s1. The number of carbonyl (C=O) groups excluding carboxylic acids is 6. The second-order valence-corrected chi connectivity index (χ2v) is 26.0. The topological polar surface area (TPSA) is 240 Å². The Labute approximate surface area is 570 Å². The van der Waals surface area contributed by atoms with Crippen molar-refractivity contribution in [2.24, 2.45) is 17.8 Å². The van der Waals surface area contributed by atoms with E-state index in [1.807, 2.05) is 0 Å². The number of alkyl halides is 6. The summed E-state index contributed by atoms with van der Waals surface area (Å²) in [6.45, 7) is 14.7. The van der Waals surface area contributed by atoms with Crippen LogP contribution < -0.4 is 26.6 Å². The largest absolute Gasteiger partial charge is 0.340 e. The van der Waals surface area contributed by atoms with Crippen molar-refractivity contribution in [1.29, 1.82) is 0 Å². The van der Waals surface area contributed by atoms with Crippen LogP contribution in [0.25, 0.3) is 4.85 Å². The number of anilines is 3. The highest BCUT2D eigenvalue weighted by Crippen LogP contribution is 2.33. The molecule has 3 aromatic heterocycles. The maximum atomic E-state index is 13.6. The summed E-state index contributed by atoms with van der Waals surface area (Å²) >= 11 is 0. The van der Waals surface area contributed by atoms with E-state index in [2.05, 4.69) is 46.7 Å². The van der Waals surface area contributed by atoms with Crippen LogP contribution in [0.4, 0.5) is 76.6 Å². The molecule has 6 aliphatic heterocycles. The van der Waals surface area contributed by atoms with E-state index < -0.39 is 44.2 Å². The number of nitrogens with one attached hydrogen (secondary N) is 5. The molecule has 0 spiro atoms. The number of amides is 9. The van der Waals surface area contributed by atoms with Crippen molar-refractivity contribution in [3.8, 4) is 0 Å². The van der Waals surface area contributed by atoms with Gasteiger partial charge in [-0.3, -0.25) is 28.4 Å². The number of hydrogen-bond acceptors (Lipinski definition) is 11. The Morgan fingerprint density at radius 2 is 0.860 bits per heavy atom. The van der Waals surface area contributed by atoms with Gasteiger partial charge in [0.05, 0.1) is 56.4 Å². The van der Waals surface area contributed by atoms with E-state index in [0.717, 1.165) is 23.1 Å². The van der Waals surface area contributed by atoms with Gasteiger partial charge in [0.1, 0.15) is 34.5 Å². The van der Waals surface area contributed by atoms with Crippen molar-refractivity contribution < 1.29 is 68.3 Å². The molecule has 0 bridgehead atoms. The summed E-state index contributed by atoms with van der Waals surface area (Å²) < 4.78 is 121. The fourth-order valence-electron chi connectivity index (χ4n) is 13.3.